The molecule has 3 aromatic heterocycles. The quantitative estimate of drug-likeness (QED) is 0.719. The standard InChI is InChI=1S/C14H9N5O.C2H6/c1-9-5-6-12(16-8-9)14-18-13(19-20-14)11-4-2-3-10(7-15)17-11;1-2/h2-6,8H,1H3;1-2H3. The van der Waals surface area contributed by atoms with Crippen LogP contribution in [-0.4, -0.2) is 20.1 Å². The third kappa shape index (κ3) is 3.33. The molecule has 0 unspecified atom stereocenters. The molecule has 0 saturated carbocycles. The molecule has 3 heterocycles. The molecule has 0 aliphatic heterocycles. The van der Waals surface area contributed by atoms with Gasteiger partial charge in [0.2, 0.25) is 5.82 Å². The van der Waals surface area contributed by atoms with Crippen LogP contribution in [-0.2, 0) is 0 Å². The second kappa shape index (κ2) is 7.09. The number of rotatable bonds is 2. The monoisotopic (exact) mass is 293 g/mol. The van der Waals surface area contributed by atoms with Gasteiger partial charge in [-0.05, 0) is 30.7 Å². The highest BCUT2D eigenvalue weighted by Gasteiger charge is 2.12. The first kappa shape index (κ1) is 15.3. The molecule has 0 saturated heterocycles. The van der Waals surface area contributed by atoms with Gasteiger partial charge >= 0.3 is 0 Å². The molecule has 0 bridgehead atoms. The average molecular weight is 293 g/mol. The summed E-state index contributed by atoms with van der Waals surface area (Å²) in [6.45, 7) is 5.95. The molecule has 0 aliphatic rings. The van der Waals surface area contributed by atoms with E-state index in [4.69, 9.17) is 9.78 Å². The lowest BCUT2D eigenvalue weighted by molar-refractivity contribution is 0.431. The summed E-state index contributed by atoms with van der Waals surface area (Å²) in [6, 6.07) is 10.8. The predicted molar refractivity (Wildman–Crippen MR) is 81.6 cm³/mol. The Morgan fingerprint density at radius 1 is 1.05 bits per heavy atom. The summed E-state index contributed by atoms with van der Waals surface area (Å²) in [7, 11) is 0. The van der Waals surface area contributed by atoms with Crippen LogP contribution >= 0.6 is 0 Å². The third-order valence-electron chi connectivity index (χ3n) is 2.65. The molecular formula is C16H15N5O. The Balaban J connectivity index is 0.000000847. The predicted octanol–water partition coefficient (Wildman–Crippen LogP) is 3.40. The Labute approximate surface area is 128 Å². The minimum atomic E-state index is 0.308. The van der Waals surface area contributed by atoms with E-state index in [0.717, 1.165) is 5.56 Å². The number of aryl methyl sites for hydroxylation is 1. The summed E-state index contributed by atoms with van der Waals surface area (Å²) >= 11 is 0. The molecule has 0 spiro atoms. The largest absolute Gasteiger partial charge is 0.332 e. The molecule has 0 aliphatic carbocycles. The number of hydrogen-bond donors (Lipinski definition) is 0. The van der Waals surface area contributed by atoms with Crippen molar-refractivity contribution in [3.63, 3.8) is 0 Å². The maximum Gasteiger partial charge on any atom is 0.276 e. The Bertz CT molecular complexity index is 787. The number of nitrogens with zero attached hydrogens (tertiary/aromatic N) is 5. The SMILES string of the molecule is CC.Cc1ccc(-c2nc(-c3cccc(C#N)n3)no2)nc1. The van der Waals surface area contributed by atoms with Gasteiger partial charge < -0.3 is 4.52 Å². The summed E-state index contributed by atoms with van der Waals surface area (Å²) in [5, 5.41) is 12.7. The van der Waals surface area contributed by atoms with Gasteiger partial charge in [0, 0.05) is 6.20 Å². The van der Waals surface area contributed by atoms with Gasteiger partial charge in [0.25, 0.3) is 5.89 Å². The number of nitriles is 1. The van der Waals surface area contributed by atoms with E-state index in [1.165, 1.54) is 0 Å². The Hall–Kier alpha value is -3.07. The van der Waals surface area contributed by atoms with E-state index < -0.39 is 0 Å². The average Bonchev–Trinajstić information content (AvgIpc) is 3.07. The first-order chi connectivity index (χ1) is 10.8. The number of pyridine rings is 2. The van der Waals surface area contributed by atoms with Crippen molar-refractivity contribution in [3.8, 4) is 29.2 Å². The maximum atomic E-state index is 8.83. The molecular weight excluding hydrogens is 278 g/mol. The highest BCUT2D eigenvalue weighted by molar-refractivity contribution is 5.54. The molecule has 0 atom stereocenters. The van der Waals surface area contributed by atoms with Crippen molar-refractivity contribution in [3.05, 3.63) is 47.8 Å². The minimum absolute atomic E-state index is 0.308. The van der Waals surface area contributed by atoms with Gasteiger partial charge in [0.1, 0.15) is 23.2 Å². The molecule has 6 heteroatoms. The van der Waals surface area contributed by atoms with E-state index in [1.54, 1.807) is 24.4 Å². The third-order valence-corrected chi connectivity index (χ3v) is 2.65. The van der Waals surface area contributed by atoms with E-state index in [-0.39, 0.29) is 0 Å². The van der Waals surface area contributed by atoms with Gasteiger partial charge in [-0.3, -0.25) is 4.98 Å². The van der Waals surface area contributed by atoms with Crippen LogP contribution in [0.3, 0.4) is 0 Å². The van der Waals surface area contributed by atoms with E-state index >= 15 is 0 Å². The highest BCUT2D eigenvalue weighted by Crippen LogP contribution is 2.19. The smallest absolute Gasteiger partial charge is 0.276 e. The highest BCUT2D eigenvalue weighted by atomic mass is 16.5. The lowest BCUT2D eigenvalue weighted by Gasteiger charge is -1.94. The van der Waals surface area contributed by atoms with Crippen molar-refractivity contribution in [2.24, 2.45) is 0 Å². The normalized spacial score (nSPS) is 9.55. The van der Waals surface area contributed by atoms with Crippen molar-refractivity contribution < 1.29 is 4.52 Å². The van der Waals surface area contributed by atoms with Crippen molar-refractivity contribution in [2.45, 2.75) is 20.8 Å². The zero-order valence-electron chi connectivity index (χ0n) is 12.6. The first-order valence-corrected chi connectivity index (χ1v) is 6.90. The van der Waals surface area contributed by atoms with Gasteiger partial charge in [-0.25, -0.2) is 4.98 Å². The fraction of sp³-hybridized carbons (Fsp3) is 0.188. The van der Waals surface area contributed by atoms with Crippen LogP contribution in [0.5, 0.6) is 0 Å². The second-order valence-electron chi connectivity index (χ2n) is 4.16. The minimum Gasteiger partial charge on any atom is -0.332 e. The van der Waals surface area contributed by atoms with Crippen molar-refractivity contribution in [2.75, 3.05) is 0 Å². The van der Waals surface area contributed by atoms with Gasteiger partial charge in [-0.1, -0.05) is 31.1 Å². The Morgan fingerprint density at radius 2 is 1.86 bits per heavy atom. The van der Waals surface area contributed by atoms with Crippen LogP contribution in [0.15, 0.2) is 41.1 Å². The van der Waals surface area contributed by atoms with E-state index in [2.05, 4.69) is 20.1 Å². The summed E-state index contributed by atoms with van der Waals surface area (Å²) < 4.78 is 5.17. The summed E-state index contributed by atoms with van der Waals surface area (Å²) in [6.07, 6.45) is 1.73. The zero-order chi connectivity index (χ0) is 15.9. The summed E-state index contributed by atoms with van der Waals surface area (Å²) in [5.41, 5.74) is 2.45. The van der Waals surface area contributed by atoms with Gasteiger partial charge in [0.15, 0.2) is 0 Å². The number of aromatic nitrogens is 4. The molecule has 110 valence electrons. The van der Waals surface area contributed by atoms with Crippen LogP contribution in [0, 0.1) is 18.3 Å². The van der Waals surface area contributed by atoms with E-state index in [9.17, 15) is 0 Å². The molecule has 0 fully saturated rings. The molecule has 6 nitrogen and oxygen atoms in total. The molecule has 0 aromatic carbocycles. The molecule has 0 radical (unpaired) electrons. The van der Waals surface area contributed by atoms with Crippen LogP contribution in [0.4, 0.5) is 0 Å². The molecule has 3 rings (SSSR count). The molecule has 0 N–H and O–H groups in total. The van der Waals surface area contributed by atoms with Crippen LogP contribution in [0.2, 0.25) is 0 Å². The van der Waals surface area contributed by atoms with Crippen LogP contribution in [0.25, 0.3) is 23.1 Å². The lowest BCUT2D eigenvalue weighted by atomic mass is 10.3. The Morgan fingerprint density at radius 3 is 2.55 bits per heavy atom. The van der Waals surface area contributed by atoms with E-state index in [1.807, 2.05) is 39.0 Å². The van der Waals surface area contributed by atoms with Crippen molar-refractivity contribution in [1.29, 1.82) is 5.26 Å². The molecule has 3 aromatic rings. The lowest BCUT2D eigenvalue weighted by Crippen LogP contribution is -1.89. The molecule has 22 heavy (non-hydrogen) atoms. The van der Waals surface area contributed by atoms with Crippen molar-refractivity contribution >= 4 is 0 Å². The first-order valence-electron chi connectivity index (χ1n) is 6.90. The summed E-state index contributed by atoms with van der Waals surface area (Å²) in [4.78, 5) is 12.6. The van der Waals surface area contributed by atoms with Crippen molar-refractivity contribution in [1.82, 2.24) is 20.1 Å². The maximum absolute atomic E-state index is 8.83. The van der Waals surface area contributed by atoms with Gasteiger partial charge in [0.05, 0.1) is 0 Å². The summed E-state index contributed by atoms with van der Waals surface area (Å²) in [5.74, 6) is 0.656. The Kier molecular flexibility index (Phi) is 4.94. The number of hydrogen-bond acceptors (Lipinski definition) is 6. The van der Waals surface area contributed by atoms with Gasteiger partial charge in [-0.15, -0.1) is 0 Å². The topological polar surface area (TPSA) is 88.5 Å². The fourth-order valence-corrected chi connectivity index (χ4v) is 1.65. The molecule has 0 amide bonds. The van der Waals surface area contributed by atoms with Crippen LogP contribution < -0.4 is 0 Å². The van der Waals surface area contributed by atoms with Crippen LogP contribution in [0.1, 0.15) is 25.1 Å². The van der Waals surface area contributed by atoms with Gasteiger partial charge in [-0.2, -0.15) is 10.2 Å². The fourth-order valence-electron chi connectivity index (χ4n) is 1.65. The second-order valence-corrected chi connectivity index (χ2v) is 4.16. The zero-order valence-corrected chi connectivity index (χ0v) is 12.6. The van der Waals surface area contributed by atoms with E-state index in [0.29, 0.717) is 28.8 Å².